The van der Waals surface area contributed by atoms with E-state index in [0.717, 1.165) is 12.8 Å². The van der Waals surface area contributed by atoms with Gasteiger partial charge in [-0.05, 0) is 6.42 Å². The normalized spacial score (nSPS) is 16.7. The van der Waals surface area contributed by atoms with Gasteiger partial charge < -0.3 is 10.2 Å². The van der Waals surface area contributed by atoms with Gasteiger partial charge in [0, 0.05) is 26.2 Å². The third kappa shape index (κ3) is 5.02. The molecule has 0 aromatic carbocycles. The maximum absolute atomic E-state index is 12.1. The van der Waals surface area contributed by atoms with Crippen molar-refractivity contribution in [2.75, 3.05) is 38.5 Å². The van der Waals surface area contributed by atoms with E-state index < -0.39 is 10.0 Å². The molecule has 0 bridgehead atoms. The minimum absolute atomic E-state index is 0.189. The van der Waals surface area contributed by atoms with Crippen molar-refractivity contribution >= 4 is 16.1 Å². The summed E-state index contributed by atoms with van der Waals surface area (Å²) in [5, 5.41) is 2.58. The Morgan fingerprint density at radius 3 is 2.45 bits per heavy atom. The van der Waals surface area contributed by atoms with Crippen molar-refractivity contribution in [1.29, 1.82) is 0 Å². The summed E-state index contributed by atoms with van der Waals surface area (Å²) in [7, 11) is -3.18. The molecule has 0 aliphatic carbocycles. The molecule has 1 rings (SSSR count). The molecule has 1 fully saturated rings. The molecule has 1 aliphatic heterocycles. The average molecular weight is 301 g/mol. The average Bonchev–Trinajstić information content (AvgIpc) is 2.45. The van der Waals surface area contributed by atoms with Gasteiger partial charge in [0.2, 0.25) is 10.0 Å². The van der Waals surface area contributed by atoms with E-state index in [0.29, 0.717) is 32.6 Å². The Kier molecular flexibility index (Phi) is 6.82. The second kappa shape index (κ2) is 8.12. The third-order valence-electron chi connectivity index (χ3n) is 3.27. The number of amides is 2. The standard InChI is InChI=1S/C13H23N3O3S/c1-3-5-6-12-20(18,19)16-10-8-15(9-11-16)13(17)14-7-4-2/h2H,3,5-12H2,1H3,(H,14,17). The first-order valence-corrected chi connectivity index (χ1v) is 8.56. The van der Waals surface area contributed by atoms with E-state index in [-0.39, 0.29) is 18.3 Å². The number of terminal acetylenes is 1. The number of hydrogen-bond donors (Lipinski definition) is 1. The zero-order valence-electron chi connectivity index (χ0n) is 12.0. The van der Waals surface area contributed by atoms with Crippen LogP contribution in [-0.2, 0) is 10.0 Å². The second-order valence-electron chi connectivity index (χ2n) is 4.77. The smallest absolute Gasteiger partial charge is 0.318 e. The highest BCUT2D eigenvalue weighted by molar-refractivity contribution is 7.89. The fraction of sp³-hybridized carbons (Fsp3) is 0.769. The van der Waals surface area contributed by atoms with E-state index in [1.165, 1.54) is 4.31 Å². The Bertz CT molecular complexity index is 448. The third-order valence-corrected chi connectivity index (χ3v) is 5.22. The number of hydrogen-bond acceptors (Lipinski definition) is 3. The summed E-state index contributed by atoms with van der Waals surface area (Å²) >= 11 is 0. The maximum Gasteiger partial charge on any atom is 0.318 e. The summed E-state index contributed by atoms with van der Waals surface area (Å²) in [6, 6.07) is -0.231. The number of piperazine rings is 1. The van der Waals surface area contributed by atoms with Gasteiger partial charge in [-0.15, -0.1) is 6.42 Å². The molecule has 1 aliphatic rings. The summed E-state index contributed by atoms with van der Waals surface area (Å²) in [4.78, 5) is 13.3. The van der Waals surface area contributed by atoms with Crippen LogP contribution in [0.5, 0.6) is 0 Å². The van der Waals surface area contributed by atoms with Crippen molar-refractivity contribution in [1.82, 2.24) is 14.5 Å². The Morgan fingerprint density at radius 1 is 1.25 bits per heavy atom. The van der Waals surface area contributed by atoms with Crippen LogP contribution >= 0.6 is 0 Å². The molecule has 1 heterocycles. The molecule has 0 aromatic rings. The Balaban J connectivity index is 2.41. The number of carbonyl (C=O) groups excluding carboxylic acids is 1. The fourth-order valence-corrected chi connectivity index (χ4v) is 3.62. The minimum Gasteiger partial charge on any atom is -0.327 e. The molecular weight excluding hydrogens is 278 g/mol. The second-order valence-corrected chi connectivity index (χ2v) is 6.86. The molecule has 0 atom stereocenters. The number of unbranched alkanes of at least 4 members (excludes halogenated alkanes) is 2. The van der Waals surface area contributed by atoms with E-state index in [1.807, 2.05) is 6.92 Å². The van der Waals surface area contributed by atoms with Crippen LogP contribution in [0, 0.1) is 12.3 Å². The fourth-order valence-electron chi connectivity index (χ4n) is 2.07. The van der Waals surface area contributed by atoms with Crippen LogP contribution in [-0.4, -0.2) is 62.1 Å². The molecule has 0 spiro atoms. The van der Waals surface area contributed by atoms with E-state index in [4.69, 9.17) is 6.42 Å². The topological polar surface area (TPSA) is 69.7 Å². The van der Waals surface area contributed by atoms with Gasteiger partial charge in [-0.25, -0.2) is 13.2 Å². The lowest BCUT2D eigenvalue weighted by Gasteiger charge is -2.33. The predicted octanol–water partition coefficient (Wildman–Crippen LogP) is 0.467. The maximum atomic E-state index is 12.1. The zero-order valence-corrected chi connectivity index (χ0v) is 12.8. The molecular formula is C13H23N3O3S. The molecule has 20 heavy (non-hydrogen) atoms. The van der Waals surface area contributed by atoms with Gasteiger partial charge >= 0.3 is 6.03 Å². The Hall–Kier alpha value is -1.26. The first-order valence-electron chi connectivity index (χ1n) is 6.95. The van der Waals surface area contributed by atoms with Crippen LogP contribution in [0.4, 0.5) is 4.79 Å². The van der Waals surface area contributed by atoms with Crippen molar-refractivity contribution in [3.63, 3.8) is 0 Å². The van der Waals surface area contributed by atoms with Gasteiger partial charge in [0.05, 0.1) is 12.3 Å². The Labute approximate surface area is 121 Å². The van der Waals surface area contributed by atoms with Gasteiger partial charge in [-0.3, -0.25) is 0 Å². The largest absolute Gasteiger partial charge is 0.327 e. The highest BCUT2D eigenvalue weighted by atomic mass is 32.2. The van der Waals surface area contributed by atoms with Crippen LogP contribution in [0.15, 0.2) is 0 Å². The lowest BCUT2D eigenvalue weighted by Crippen LogP contribution is -2.53. The predicted molar refractivity (Wildman–Crippen MR) is 78.7 cm³/mol. The first-order chi connectivity index (χ1) is 9.51. The highest BCUT2D eigenvalue weighted by Gasteiger charge is 2.28. The summed E-state index contributed by atoms with van der Waals surface area (Å²) < 4.78 is 25.7. The van der Waals surface area contributed by atoms with E-state index in [2.05, 4.69) is 11.2 Å². The first kappa shape index (κ1) is 16.8. The number of urea groups is 1. The number of sulfonamides is 1. The van der Waals surface area contributed by atoms with Crippen molar-refractivity contribution in [3.05, 3.63) is 0 Å². The summed E-state index contributed by atoms with van der Waals surface area (Å²) in [5.74, 6) is 2.53. The SMILES string of the molecule is C#CCNC(=O)N1CCN(S(=O)(=O)CCCCC)CC1. The highest BCUT2D eigenvalue weighted by Crippen LogP contribution is 2.10. The van der Waals surface area contributed by atoms with Crippen LogP contribution in [0.2, 0.25) is 0 Å². The Morgan fingerprint density at radius 2 is 1.90 bits per heavy atom. The van der Waals surface area contributed by atoms with E-state index >= 15 is 0 Å². The van der Waals surface area contributed by atoms with Crippen molar-refractivity contribution < 1.29 is 13.2 Å². The molecule has 2 amide bonds. The van der Waals surface area contributed by atoms with Crippen LogP contribution in [0.1, 0.15) is 26.2 Å². The van der Waals surface area contributed by atoms with Crippen LogP contribution < -0.4 is 5.32 Å². The monoisotopic (exact) mass is 301 g/mol. The van der Waals surface area contributed by atoms with Gasteiger partial charge in [0.1, 0.15) is 0 Å². The molecule has 0 saturated carbocycles. The van der Waals surface area contributed by atoms with Gasteiger partial charge in [0.15, 0.2) is 0 Å². The molecule has 0 radical (unpaired) electrons. The van der Waals surface area contributed by atoms with Crippen LogP contribution in [0.3, 0.4) is 0 Å². The minimum atomic E-state index is -3.18. The van der Waals surface area contributed by atoms with E-state index in [9.17, 15) is 13.2 Å². The molecule has 0 unspecified atom stereocenters. The molecule has 0 aromatic heterocycles. The molecule has 114 valence electrons. The summed E-state index contributed by atoms with van der Waals surface area (Å²) in [6.07, 6.45) is 7.69. The zero-order chi connectivity index (χ0) is 15.0. The summed E-state index contributed by atoms with van der Waals surface area (Å²) in [5.41, 5.74) is 0. The lowest BCUT2D eigenvalue weighted by atomic mass is 10.3. The van der Waals surface area contributed by atoms with E-state index in [1.54, 1.807) is 4.90 Å². The quantitative estimate of drug-likeness (QED) is 0.572. The van der Waals surface area contributed by atoms with Crippen molar-refractivity contribution in [3.8, 4) is 12.3 Å². The number of rotatable bonds is 6. The van der Waals surface area contributed by atoms with Gasteiger partial charge in [-0.2, -0.15) is 4.31 Å². The number of nitrogens with zero attached hydrogens (tertiary/aromatic N) is 2. The van der Waals surface area contributed by atoms with Gasteiger partial charge in [-0.1, -0.05) is 25.7 Å². The molecule has 1 saturated heterocycles. The van der Waals surface area contributed by atoms with Crippen molar-refractivity contribution in [2.45, 2.75) is 26.2 Å². The lowest BCUT2D eigenvalue weighted by molar-refractivity contribution is 0.173. The van der Waals surface area contributed by atoms with Crippen LogP contribution in [0.25, 0.3) is 0 Å². The molecule has 1 N–H and O–H groups in total. The molecule has 7 heteroatoms. The summed E-state index contributed by atoms with van der Waals surface area (Å²) in [6.45, 7) is 3.76. The number of carbonyl (C=O) groups is 1. The van der Waals surface area contributed by atoms with Gasteiger partial charge in [0.25, 0.3) is 0 Å². The van der Waals surface area contributed by atoms with Crippen molar-refractivity contribution in [2.24, 2.45) is 0 Å². The molecule has 6 nitrogen and oxygen atoms in total. The number of nitrogens with one attached hydrogen (secondary N) is 1.